The normalized spacial score (nSPS) is 51.4. The molecule has 2 unspecified atom stereocenters. The van der Waals surface area contributed by atoms with Gasteiger partial charge in [-0.05, 0) is 55.3 Å². The Bertz CT molecular complexity index is 346. The first-order valence-electron chi connectivity index (χ1n) is 8.37. The maximum atomic E-state index is 12.3. The van der Waals surface area contributed by atoms with E-state index in [4.69, 9.17) is 0 Å². The van der Waals surface area contributed by atoms with Crippen molar-refractivity contribution in [2.24, 2.45) is 35.5 Å². The first-order chi connectivity index (χ1) is 8.84. The maximum absolute atomic E-state index is 12.3. The number of carbonyl (C=O) groups is 1. The van der Waals surface area contributed by atoms with Crippen molar-refractivity contribution in [2.75, 3.05) is 0 Å². The van der Waals surface area contributed by atoms with E-state index in [9.17, 15) is 4.79 Å². The van der Waals surface area contributed by atoms with Crippen molar-refractivity contribution in [3.05, 3.63) is 0 Å². The Balaban J connectivity index is 1.66. The summed E-state index contributed by atoms with van der Waals surface area (Å²) in [6.07, 6.45) is 13.5. The SMILES string of the molecule is O=C1CCC[C@H]2C1C[C@@H]1CCCC3CCC[C@H]2[C@H]31. The van der Waals surface area contributed by atoms with Crippen LogP contribution in [0.5, 0.6) is 0 Å². The largest absolute Gasteiger partial charge is 0.299 e. The summed E-state index contributed by atoms with van der Waals surface area (Å²) in [5, 5.41) is 0. The van der Waals surface area contributed by atoms with Gasteiger partial charge in [0.05, 0.1) is 0 Å². The number of hydrogen-bond acceptors (Lipinski definition) is 1. The lowest BCUT2D eigenvalue weighted by molar-refractivity contribution is -0.137. The van der Waals surface area contributed by atoms with Crippen molar-refractivity contribution in [1.29, 1.82) is 0 Å². The van der Waals surface area contributed by atoms with E-state index < -0.39 is 0 Å². The highest BCUT2D eigenvalue weighted by atomic mass is 16.1. The smallest absolute Gasteiger partial charge is 0.136 e. The monoisotopic (exact) mass is 246 g/mol. The van der Waals surface area contributed by atoms with Crippen molar-refractivity contribution in [1.82, 2.24) is 0 Å². The minimum absolute atomic E-state index is 0.488. The molecule has 0 bridgehead atoms. The fourth-order valence-electron chi connectivity index (χ4n) is 6.31. The summed E-state index contributed by atoms with van der Waals surface area (Å²) in [4.78, 5) is 12.3. The molecule has 0 aromatic heterocycles. The molecule has 0 amide bonds. The van der Waals surface area contributed by atoms with Crippen LogP contribution in [-0.4, -0.2) is 5.78 Å². The van der Waals surface area contributed by atoms with Gasteiger partial charge < -0.3 is 0 Å². The Morgan fingerprint density at radius 1 is 0.778 bits per heavy atom. The molecule has 4 aliphatic carbocycles. The molecule has 0 aromatic carbocycles. The van der Waals surface area contributed by atoms with Gasteiger partial charge in [-0.2, -0.15) is 0 Å². The lowest BCUT2D eigenvalue weighted by Gasteiger charge is -2.55. The van der Waals surface area contributed by atoms with E-state index in [-0.39, 0.29) is 0 Å². The fraction of sp³-hybridized carbons (Fsp3) is 0.941. The Kier molecular flexibility index (Phi) is 2.78. The molecule has 0 spiro atoms. The summed E-state index contributed by atoms with van der Waals surface area (Å²) in [6, 6.07) is 0. The first-order valence-corrected chi connectivity index (χ1v) is 8.37. The Hall–Kier alpha value is -0.330. The number of ketones is 1. The first kappa shape index (κ1) is 11.5. The lowest BCUT2D eigenvalue weighted by atomic mass is 9.49. The third-order valence-electron chi connectivity index (χ3n) is 6.84. The van der Waals surface area contributed by atoms with Gasteiger partial charge in [0.2, 0.25) is 0 Å². The minimum atomic E-state index is 0.488. The third kappa shape index (κ3) is 1.62. The summed E-state index contributed by atoms with van der Waals surface area (Å²) in [5.41, 5.74) is 0. The number of rotatable bonds is 0. The fourth-order valence-corrected chi connectivity index (χ4v) is 6.31. The zero-order valence-electron chi connectivity index (χ0n) is 11.4. The number of carbonyl (C=O) groups excluding carboxylic acids is 1. The lowest BCUT2D eigenvalue weighted by Crippen LogP contribution is -2.50. The molecule has 4 saturated carbocycles. The van der Waals surface area contributed by atoms with E-state index >= 15 is 0 Å². The molecule has 1 nitrogen and oxygen atoms in total. The van der Waals surface area contributed by atoms with Crippen molar-refractivity contribution in [2.45, 2.75) is 64.2 Å². The van der Waals surface area contributed by atoms with Crippen LogP contribution in [0.2, 0.25) is 0 Å². The van der Waals surface area contributed by atoms with Crippen molar-refractivity contribution in [3.8, 4) is 0 Å². The van der Waals surface area contributed by atoms with Crippen LogP contribution >= 0.6 is 0 Å². The highest BCUT2D eigenvalue weighted by Gasteiger charge is 2.51. The molecule has 4 fully saturated rings. The number of fused-ring (bicyclic) bond motifs is 2. The van der Waals surface area contributed by atoms with E-state index in [2.05, 4.69) is 0 Å². The van der Waals surface area contributed by atoms with Gasteiger partial charge in [0.15, 0.2) is 0 Å². The van der Waals surface area contributed by atoms with Gasteiger partial charge in [0, 0.05) is 12.3 Å². The van der Waals surface area contributed by atoms with E-state index in [1.807, 2.05) is 0 Å². The molecule has 100 valence electrons. The topological polar surface area (TPSA) is 17.1 Å². The van der Waals surface area contributed by atoms with E-state index in [1.54, 1.807) is 0 Å². The second-order valence-electron chi connectivity index (χ2n) is 7.49. The second kappa shape index (κ2) is 4.35. The van der Waals surface area contributed by atoms with Crippen LogP contribution in [0.15, 0.2) is 0 Å². The van der Waals surface area contributed by atoms with Gasteiger partial charge in [-0.1, -0.05) is 32.1 Å². The van der Waals surface area contributed by atoms with Crippen molar-refractivity contribution >= 4 is 5.78 Å². The molecular formula is C17H26O. The molecule has 0 aromatic rings. The zero-order chi connectivity index (χ0) is 12.1. The highest BCUT2D eigenvalue weighted by molar-refractivity contribution is 5.82. The Morgan fingerprint density at radius 3 is 2.39 bits per heavy atom. The minimum Gasteiger partial charge on any atom is -0.299 e. The average molecular weight is 246 g/mol. The van der Waals surface area contributed by atoms with Gasteiger partial charge in [0.25, 0.3) is 0 Å². The number of hydrogen-bond donors (Lipinski definition) is 0. The summed E-state index contributed by atoms with van der Waals surface area (Å²) in [6.45, 7) is 0. The molecule has 0 N–H and O–H groups in total. The Labute approximate surface area is 111 Å². The van der Waals surface area contributed by atoms with Gasteiger partial charge in [-0.15, -0.1) is 0 Å². The highest BCUT2D eigenvalue weighted by Crippen LogP contribution is 2.58. The summed E-state index contributed by atoms with van der Waals surface area (Å²) in [7, 11) is 0. The number of Topliss-reactive ketones (excluding diaryl/α,β-unsaturated/α-hetero) is 1. The van der Waals surface area contributed by atoms with Gasteiger partial charge >= 0.3 is 0 Å². The van der Waals surface area contributed by atoms with E-state index in [1.165, 1.54) is 57.8 Å². The standard InChI is InChI=1S/C17H26O/c18-16-9-3-7-13-14-8-2-5-11-4-1-6-12(17(11)14)10-15(13)16/h11-15,17H,1-10H2/t11?,12-,13+,14+,15?,17+/m0/s1. The zero-order valence-corrected chi connectivity index (χ0v) is 11.4. The predicted octanol–water partition coefficient (Wildman–Crippen LogP) is 4.21. The Morgan fingerprint density at radius 2 is 1.50 bits per heavy atom. The van der Waals surface area contributed by atoms with Crippen molar-refractivity contribution < 1.29 is 4.79 Å². The quantitative estimate of drug-likeness (QED) is 0.626. The molecule has 4 aliphatic rings. The van der Waals surface area contributed by atoms with Crippen LogP contribution in [-0.2, 0) is 4.79 Å². The maximum Gasteiger partial charge on any atom is 0.136 e. The van der Waals surface area contributed by atoms with Crippen LogP contribution in [0.1, 0.15) is 64.2 Å². The molecule has 6 atom stereocenters. The molecule has 0 radical (unpaired) electrons. The van der Waals surface area contributed by atoms with E-state index in [0.717, 1.165) is 36.0 Å². The molecular weight excluding hydrogens is 220 g/mol. The van der Waals surface area contributed by atoms with E-state index in [0.29, 0.717) is 11.7 Å². The van der Waals surface area contributed by atoms with Crippen LogP contribution in [0.3, 0.4) is 0 Å². The van der Waals surface area contributed by atoms with Crippen LogP contribution in [0, 0.1) is 35.5 Å². The molecule has 18 heavy (non-hydrogen) atoms. The van der Waals surface area contributed by atoms with Gasteiger partial charge in [-0.3, -0.25) is 4.79 Å². The molecule has 4 rings (SSSR count). The predicted molar refractivity (Wildman–Crippen MR) is 72.1 cm³/mol. The van der Waals surface area contributed by atoms with Crippen LogP contribution < -0.4 is 0 Å². The van der Waals surface area contributed by atoms with Crippen LogP contribution in [0.25, 0.3) is 0 Å². The molecule has 0 saturated heterocycles. The summed E-state index contributed by atoms with van der Waals surface area (Å²) < 4.78 is 0. The average Bonchev–Trinajstić information content (AvgIpc) is 2.41. The molecule has 0 heterocycles. The van der Waals surface area contributed by atoms with Gasteiger partial charge in [-0.25, -0.2) is 0 Å². The van der Waals surface area contributed by atoms with Gasteiger partial charge in [0.1, 0.15) is 5.78 Å². The van der Waals surface area contributed by atoms with Crippen molar-refractivity contribution in [3.63, 3.8) is 0 Å². The van der Waals surface area contributed by atoms with Crippen LogP contribution in [0.4, 0.5) is 0 Å². The third-order valence-corrected chi connectivity index (χ3v) is 6.84. The summed E-state index contributed by atoms with van der Waals surface area (Å²) in [5.74, 6) is 5.86. The second-order valence-corrected chi connectivity index (χ2v) is 7.49. The summed E-state index contributed by atoms with van der Waals surface area (Å²) >= 11 is 0. The molecule has 1 heteroatoms. The molecule has 0 aliphatic heterocycles.